The summed E-state index contributed by atoms with van der Waals surface area (Å²) in [5.41, 5.74) is 11.3. The van der Waals surface area contributed by atoms with Crippen LogP contribution >= 0.6 is 0 Å². The molecular formula is C18H25N7O4S. The maximum absolute atomic E-state index is 12.9. The Morgan fingerprint density at radius 3 is 2.33 bits per heavy atom. The lowest BCUT2D eigenvalue weighted by atomic mass is 10.1. The first-order chi connectivity index (χ1) is 14.1. The number of nitrogens with one attached hydrogen (secondary N) is 1. The van der Waals surface area contributed by atoms with Crippen LogP contribution < -0.4 is 21.1 Å². The van der Waals surface area contributed by atoms with Gasteiger partial charge < -0.3 is 21.5 Å². The maximum Gasteiger partial charge on any atom is 0.321 e. The molecule has 0 saturated heterocycles. The van der Waals surface area contributed by atoms with Gasteiger partial charge in [-0.25, -0.2) is 8.42 Å². The number of aliphatic imine (C=N–C) groups is 1. The van der Waals surface area contributed by atoms with Gasteiger partial charge in [0.2, 0.25) is 10.0 Å². The molecule has 0 saturated carbocycles. The quantitative estimate of drug-likeness (QED) is 0.189. The van der Waals surface area contributed by atoms with Gasteiger partial charge in [-0.3, -0.25) is 9.79 Å². The molecule has 0 aliphatic carbocycles. The first-order valence-electron chi connectivity index (χ1n) is 8.83. The standard InChI is InChI=1S/C18H25N5O4S.N2/c1-23(2)15-9-3-7-13-12(15)6-4-10-16(13)28(26,27)22-14(17(24)25)8-5-11-21-18(19)20;1-2/h3-4,6-7,9-10,14,22H,5,8,11H2,1-2H3,(H,24,25)(H4,19,20,21);/t14-;/m0./s1. The van der Waals surface area contributed by atoms with E-state index in [-0.39, 0.29) is 23.8 Å². The normalized spacial score (nSPS) is 11.7. The third-order valence-electron chi connectivity index (χ3n) is 4.17. The lowest BCUT2D eigenvalue weighted by Gasteiger charge is -2.18. The number of sulfonamides is 1. The number of carboxylic acids is 1. The van der Waals surface area contributed by atoms with Gasteiger partial charge in [-0.05, 0) is 25.0 Å². The summed E-state index contributed by atoms with van der Waals surface area (Å²) >= 11 is 0. The third-order valence-corrected chi connectivity index (χ3v) is 5.70. The molecule has 0 aromatic heterocycles. The Labute approximate surface area is 174 Å². The van der Waals surface area contributed by atoms with Crippen LogP contribution in [0.3, 0.4) is 0 Å². The summed E-state index contributed by atoms with van der Waals surface area (Å²) in [4.78, 5) is 17.2. The number of fused-ring (bicyclic) bond motifs is 1. The second kappa shape index (κ2) is 10.9. The summed E-state index contributed by atoms with van der Waals surface area (Å²) in [5.74, 6) is -1.36. The summed E-state index contributed by atoms with van der Waals surface area (Å²) in [7, 11) is -0.329. The van der Waals surface area contributed by atoms with E-state index in [4.69, 9.17) is 22.3 Å². The molecular weight excluding hydrogens is 410 g/mol. The zero-order chi connectivity index (χ0) is 22.9. The van der Waals surface area contributed by atoms with Crippen molar-refractivity contribution in [1.29, 1.82) is 10.8 Å². The lowest BCUT2D eigenvalue weighted by Crippen LogP contribution is -2.40. The molecule has 0 amide bonds. The first kappa shape index (κ1) is 24.6. The molecule has 0 aliphatic heterocycles. The summed E-state index contributed by atoms with van der Waals surface area (Å²) in [6.07, 6.45) is 0.372. The fraction of sp³-hybridized carbons (Fsp3) is 0.333. The molecule has 0 unspecified atom stereocenters. The number of benzene rings is 2. The van der Waals surface area contributed by atoms with Crippen molar-refractivity contribution in [2.24, 2.45) is 16.5 Å². The molecule has 162 valence electrons. The van der Waals surface area contributed by atoms with Gasteiger partial charge >= 0.3 is 5.97 Å². The fourth-order valence-corrected chi connectivity index (χ4v) is 4.32. The molecule has 0 bridgehead atoms. The van der Waals surface area contributed by atoms with Gasteiger partial charge in [-0.15, -0.1) is 0 Å². The van der Waals surface area contributed by atoms with Crippen LogP contribution in [0.25, 0.3) is 10.8 Å². The molecule has 0 heterocycles. The molecule has 30 heavy (non-hydrogen) atoms. The van der Waals surface area contributed by atoms with Gasteiger partial charge in [-0.1, -0.05) is 24.3 Å². The number of guanidine groups is 1. The van der Waals surface area contributed by atoms with Crippen LogP contribution in [-0.2, 0) is 14.8 Å². The van der Waals surface area contributed by atoms with Crippen LogP contribution in [0.2, 0.25) is 0 Å². The average Bonchev–Trinajstić information content (AvgIpc) is 2.70. The van der Waals surface area contributed by atoms with Crippen molar-refractivity contribution in [3.05, 3.63) is 36.4 Å². The minimum Gasteiger partial charge on any atom is -0.480 e. The molecule has 0 spiro atoms. The van der Waals surface area contributed by atoms with E-state index in [2.05, 4.69) is 9.71 Å². The number of anilines is 1. The number of nitrogens with two attached hydrogens (primary N) is 2. The average molecular weight is 436 g/mol. The summed E-state index contributed by atoms with van der Waals surface area (Å²) in [5, 5.41) is 22.7. The van der Waals surface area contributed by atoms with E-state index < -0.39 is 22.0 Å². The number of carbonyl (C=O) groups is 1. The van der Waals surface area contributed by atoms with Crippen LogP contribution in [0, 0.1) is 10.8 Å². The molecule has 1 atom stereocenters. The van der Waals surface area contributed by atoms with Gasteiger partial charge in [0, 0.05) is 47.9 Å². The molecule has 0 radical (unpaired) electrons. The van der Waals surface area contributed by atoms with Crippen molar-refractivity contribution in [2.45, 2.75) is 23.8 Å². The topological polar surface area (TPSA) is 199 Å². The van der Waals surface area contributed by atoms with Crippen molar-refractivity contribution < 1.29 is 18.3 Å². The Morgan fingerprint density at radius 1 is 1.17 bits per heavy atom. The lowest BCUT2D eigenvalue weighted by molar-refractivity contribution is -0.139. The summed E-state index contributed by atoms with van der Waals surface area (Å²) < 4.78 is 28.1. The predicted octanol–water partition coefficient (Wildman–Crippen LogP) is 0.721. The molecule has 2 aromatic carbocycles. The van der Waals surface area contributed by atoms with E-state index in [1.54, 1.807) is 18.2 Å². The van der Waals surface area contributed by atoms with Gasteiger partial charge in [0.25, 0.3) is 0 Å². The monoisotopic (exact) mass is 435 g/mol. The van der Waals surface area contributed by atoms with Crippen LogP contribution in [0.15, 0.2) is 46.3 Å². The van der Waals surface area contributed by atoms with Gasteiger partial charge in [0.15, 0.2) is 5.96 Å². The minimum absolute atomic E-state index is 0.0316. The van der Waals surface area contributed by atoms with Crippen molar-refractivity contribution in [3.8, 4) is 0 Å². The van der Waals surface area contributed by atoms with Crippen LogP contribution in [0.1, 0.15) is 12.8 Å². The highest BCUT2D eigenvalue weighted by Crippen LogP contribution is 2.30. The van der Waals surface area contributed by atoms with E-state index >= 15 is 0 Å². The fourth-order valence-electron chi connectivity index (χ4n) is 2.88. The van der Waals surface area contributed by atoms with Crippen LogP contribution in [-0.4, -0.2) is 52.1 Å². The zero-order valence-electron chi connectivity index (χ0n) is 16.7. The third kappa shape index (κ3) is 6.29. The summed E-state index contributed by atoms with van der Waals surface area (Å²) in [6, 6.07) is 8.99. The highest BCUT2D eigenvalue weighted by molar-refractivity contribution is 7.89. The number of rotatable bonds is 9. The molecule has 6 N–H and O–H groups in total. The van der Waals surface area contributed by atoms with Crippen molar-refractivity contribution in [1.82, 2.24) is 4.72 Å². The number of hydrogen-bond donors (Lipinski definition) is 4. The number of hydrogen-bond acceptors (Lipinski definition) is 7. The highest BCUT2D eigenvalue weighted by Gasteiger charge is 2.26. The Morgan fingerprint density at radius 2 is 1.77 bits per heavy atom. The second-order valence-corrected chi connectivity index (χ2v) is 8.17. The van der Waals surface area contributed by atoms with Gasteiger partial charge in [0.05, 0.1) is 4.90 Å². The van der Waals surface area contributed by atoms with Gasteiger partial charge in [-0.2, -0.15) is 4.72 Å². The number of nitrogens with zero attached hydrogens (tertiary/aromatic N) is 4. The van der Waals surface area contributed by atoms with Crippen LogP contribution in [0.4, 0.5) is 5.69 Å². The number of aliphatic carboxylic acids is 1. The largest absolute Gasteiger partial charge is 0.480 e. The molecule has 2 aromatic rings. The van der Waals surface area contributed by atoms with Crippen LogP contribution in [0.5, 0.6) is 0 Å². The Bertz CT molecular complexity index is 1030. The van der Waals surface area contributed by atoms with Gasteiger partial charge in [0.1, 0.15) is 6.04 Å². The highest BCUT2D eigenvalue weighted by atomic mass is 32.2. The molecule has 2 rings (SSSR count). The molecule has 12 heteroatoms. The van der Waals surface area contributed by atoms with E-state index in [1.165, 1.54) is 6.07 Å². The maximum atomic E-state index is 12.9. The zero-order valence-corrected chi connectivity index (χ0v) is 17.5. The van der Waals surface area contributed by atoms with Crippen molar-refractivity contribution >= 4 is 38.4 Å². The minimum atomic E-state index is -4.06. The number of carboxylic acid groups (broad SMARTS) is 1. The Kier molecular flexibility index (Phi) is 8.97. The van der Waals surface area contributed by atoms with Crippen molar-refractivity contribution in [3.63, 3.8) is 0 Å². The molecule has 0 aliphatic rings. The smallest absolute Gasteiger partial charge is 0.321 e. The van der Waals surface area contributed by atoms with E-state index in [0.717, 1.165) is 11.1 Å². The molecule has 11 nitrogen and oxygen atoms in total. The van der Waals surface area contributed by atoms with Crippen molar-refractivity contribution in [2.75, 3.05) is 25.5 Å². The first-order valence-corrected chi connectivity index (χ1v) is 10.3. The summed E-state index contributed by atoms with van der Waals surface area (Å²) in [6.45, 7) is 0.217. The Balaban J connectivity index is 0.00000218. The SMILES string of the molecule is CN(C)c1cccc2c(S(=O)(=O)N[C@@H](CCCN=C(N)N)C(=O)O)cccc12.N#N. The Hall–Kier alpha value is -3.43. The second-order valence-electron chi connectivity index (χ2n) is 6.48. The van der Waals surface area contributed by atoms with E-state index in [0.29, 0.717) is 11.8 Å². The predicted molar refractivity (Wildman–Crippen MR) is 113 cm³/mol. The van der Waals surface area contributed by atoms with E-state index in [1.807, 2.05) is 31.1 Å². The molecule has 0 fully saturated rings. The van der Waals surface area contributed by atoms with E-state index in [9.17, 15) is 18.3 Å².